The van der Waals surface area contributed by atoms with Crippen molar-refractivity contribution in [2.24, 2.45) is 5.14 Å². The van der Waals surface area contributed by atoms with Gasteiger partial charge in [-0.2, -0.15) is 5.10 Å². The van der Waals surface area contributed by atoms with Gasteiger partial charge in [0.25, 0.3) is 0 Å². The highest BCUT2D eigenvalue weighted by Crippen LogP contribution is 2.20. The molecule has 1 heterocycles. The van der Waals surface area contributed by atoms with Crippen molar-refractivity contribution >= 4 is 10.0 Å². The van der Waals surface area contributed by atoms with Crippen LogP contribution < -0.4 is 5.14 Å². The Balaban J connectivity index is 2.53. The van der Waals surface area contributed by atoms with Crippen LogP contribution in [0.25, 0.3) is 11.1 Å². The van der Waals surface area contributed by atoms with E-state index in [4.69, 9.17) is 5.14 Å². The maximum atomic E-state index is 11.1. The molecule has 0 aliphatic heterocycles. The molecule has 5 nitrogen and oxygen atoms in total. The van der Waals surface area contributed by atoms with E-state index >= 15 is 0 Å². The first kappa shape index (κ1) is 9.88. The van der Waals surface area contributed by atoms with Gasteiger partial charge in [0, 0.05) is 11.8 Å². The van der Waals surface area contributed by atoms with Crippen LogP contribution >= 0.6 is 0 Å². The Bertz CT molecular complexity index is 561. The van der Waals surface area contributed by atoms with Crippen LogP contribution in [0.2, 0.25) is 0 Å². The standard InChI is InChI=1S/C9H9N3O2S/c10-15(13,14)9-3-1-2-7(4-9)8-5-11-12-6-8/h1-6H,(H,11,12)(H2,10,13,14). The average molecular weight is 223 g/mol. The molecule has 0 fully saturated rings. The minimum Gasteiger partial charge on any atom is -0.285 e. The molecular weight excluding hydrogens is 214 g/mol. The third-order valence-corrected chi connectivity index (χ3v) is 2.91. The van der Waals surface area contributed by atoms with Crippen LogP contribution in [0.4, 0.5) is 0 Å². The van der Waals surface area contributed by atoms with Crippen LogP contribution in [0.15, 0.2) is 41.6 Å². The van der Waals surface area contributed by atoms with Crippen LogP contribution in [-0.4, -0.2) is 18.6 Å². The molecule has 1 aromatic heterocycles. The zero-order valence-electron chi connectivity index (χ0n) is 7.71. The normalized spacial score (nSPS) is 11.5. The molecule has 0 amide bonds. The summed E-state index contributed by atoms with van der Waals surface area (Å²) in [6.07, 6.45) is 3.30. The first-order valence-electron chi connectivity index (χ1n) is 4.19. The third-order valence-electron chi connectivity index (χ3n) is 1.99. The third kappa shape index (κ3) is 2.05. The molecule has 6 heteroatoms. The minimum absolute atomic E-state index is 0.0983. The Morgan fingerprint density at radius 2 is 2.07 bits per heavy atom. The van der Waals surface area contributed by atoms with Crippen molar-refractivity contribution in [1.82, 2.24) is 10.2 Å². The van der Waals surface area contributed by atoms with Crippen LogP contribution in [0, 0.1) is 0 Å². The lowest BCUT2D eigenvalue weighted by Gasteiger charge is -2.00. The van der Waals surface area contributed by atoms with E-state index in [1.807, 2.05) is 0 Å². The summed E-state index contributed by atoms with van der Waals surface area (Å²) in [7, 11) is -3.65. The molecular formula is C9H9N3O2S. The summed E-state index contributed by atoms with van der Waals surface area (Å²) in [5.41, 5.74) is 1.58. The van der Waals surface area contributed by atoms with E-state index in [0.717, 1.165) is 11.1 Å². The van der Waals surface area contributed by atoms with Gasteiger partial charge in [0.05, 0.1) is 11.1 Å². The van der Waals surface area contributed by atoms with Crippen LogP contribution in [0.3, 0.4) is 0 Å². The van der Waals surface area contributed by atoms with Gasteiger partial charge < -0.3 is 0 Å². The number of hydrogen-bond acceptors (Lipinski definition) is 3. The molecule has 0 saturated carbocycles. The second-order valence-electron chi connectivity index (χ2n) is 3.06. The van der Waals surface area contributed by atoms with Crippen molar-refractivity contribution in [3.05, 3.63) is 36.7 Å². The summed E-state index contributed by atoms with van der Waals surface area (Å²) < 4.78 is 22.2. The van der Waals surface area contributed by atoms with Crippen molar-refractivity contribution in [1.29, 1.82) is 0 Å². The Morgan fingerprint density at radius 3 is 2.67 bits per heavy atom. The fourth-order valence-electron chi connectivity index (χ4n) is 1.26. The van der Waals surface area contributed by atoms with E-state index in [1.165, 1.54) is 12.1 Å². The zero-order chi connectivity index (χ0) is 10.9. The Morgan fingerprint density at radius 1 is 1.27 bits per heavy atom. The zero-order valence-corrected chi connectivity index (χ0v) is 8.53. The van der Waals surface area contributed by atoms with E-state index in [2.05, 4.69) is 10.2 Å². The van der Waals surface area contributed by atoms with Crippen LogP contribution in [0.5, 0.6) is 0 Å². The molecule has 0 spiro atoms. The summed E-state index contributed by atoms with van der Waals surface area (Å²) in [4.78, 5) is 0.0983. The quantitative estimate of drug-likeness (QED) is 0.786. The predicted molar refractivity (Wildman–Crippen MR) is 55.4 cm³/mol. The van der Waals surface area contributed by atoms with Crippen LogP contribution in [0.1, 0.15) is 0 Å². The number of H-pyrrole nitrogens is 1. The molecule has 0 radical (unpaired) electrons. The summed E-state index contributed by atoms with van der Waals surface area (Å²) in [6, 6.07) is 6.40. The topological polar surface area (TPSA) is 88.8 Å². The summed E-state index contributed by atoms with van der Waals surface area (Å²) in [5, 5.41) is 11.5. The highest BCUT2D eigenvalue weighted by atomic mass is 32.2. The number of hydrogen-bond donors (Lipinski definition) is 2. The van der Waals surface area contributed by atoms with Crippen molar-refractivity contribution in [3.8, 4) is 11.1 Å². The number of benzene rings is 1. The Hall–Kier alpha value is -1.66. The molecule has 0 bridgehead atoms. The molecule has 0 aliphatic carbocycles. The lowest BCUT2D eigenvalue weighted by atomic mass is 10.1. The molecule has 1 aromatic carbocycles. The highest BCUT2D eigenvalue weighted by molar-refractivity contribution is 7.89. The first-order chi connectivity index (χ1) is 7.07. The molecule has 3 N–H and O–H groups in total. The van der Waals surface area contributed by atoms with Crippen molar-refractivity contribution in [3.63, 3.8) is 0 Å². The molecule has 0 saturated heterocycles. The second-order valence-corrected chi connectivity index (χ2v) is 4.62. The van der Waals surface area contributed by atoms with Gasteiger partial charge in [-0.1, -0.05) is 12.1 Å². The largest absolute Gasteiger partial charge is 0.285 e. The number of primary sulfonamides is 1. The van der Waals surface area contributed by atoms with Gasteiger partial charge in [-0.25, -0.2) is 13.6 Å². The van der Waals surface area contributed by atoms with Gasteiger partial charge in [-0.3, -0.25) is 5.10 Å². The van der Waals surface area contributed by atoms with E-state index in [9.17, 15) is 8.42 Å². The fraction of sp³-hybridized carbons (Fsp3) is 0. The van der Waals surface area contributed by atoms with Gasteiger partial charge in [0.15, 0.2) is 0 Å². The molecule has 78 valence electrons. The maximum Gasteiger partial charge on any atom is 0.238 e. The van der Waals surface area contributed by atoms with Gasteiger partial charge in [0.1, 0.15) is 0 Å². The fourth-order valence-corrected chi connectivity index (χ4v) is 1.82. The molecule has 2 rings (SSSR count). The number of aromatic amines is 1. The number of nitrogens with zero attached hydrogens (tertiary/aromatic N) is 1. The van der Waals surface area contributed by atoms with E-state index in [1.54, 1.807) is 24.5 Å². The van der Waals surface area contributed by atoms with E-state index in [-0.39, 0.29) is 4.90 Å². The molecule has 0 aliphatic rings. The van der Waals surface area contributed by atoms with Crippen molar-refractivity contribution in [2.45, 2.75) is 4.90 Å². The van der Waals surface area contributed by atoms with E-state index in [0.29, 0.717) is 0 Å². The first-order valence-corrected chi connectivity index (χ1v) is 5.74. The number of rotatable bonds is 2. The lowest BCUT2D eigenvalue weighted by molar-refractivity contribution is 0.598. The van der Waals surface area contributed by atoms with Crippen molar-refractivity contribution < 1.29 is 8.42 Å². The van der Waals surface area contributed by atoms with Gasteiger partial charge in [0.2, 0.25) is 10.0 Å². The maximum absolute atomic E-state index is 11.1. The van der Waals surface area contributed by atoms with Gasteiger partial charge in [-0.15, -0.1) is 0 Å². The van der Waals surface area contributed by atoms with Gasteiger partial charge in [-0.05, 0) is 17.7 Å². The van der Waals surface area contributed by atoms with Crippen molar-refractivity contribution in [2.75, 3.05) is 0 Å². The lowest BCUT2D eigenvalue weighted by Crippen LogP contribution is -2.11. The number of nitrogens with one attached hydrogen (secondary N) is 1. The SMILES string of the molecule is NS(=O)(=O)c1cccc(-c2cn[nH]c2)c1. The van der Waals surface area contributed by atoms with Crippen LogP contribution in [-0.2, 0) is 10.0 Å². The summed E-state index contributed by atoms with van der Waals surface area (Å²) in [5.74, 6) is 0. The monoisotopic (exact) mass is 223 g/mol. The predicted octanol–water partition coefficient (Wildman–Crippen LogP) is 0.724. The molecule has 0 unspecified atom stereocenters. The van der Waals surface area contributed by atoms with E-state index < -0.39 is 10.0 Å². The average Bonchev–Trinajstić information content (AvgIpc) is 2.69. The number of aromatic nitrogens is 2. The molecule has 2 aromatic rings. The number of nitrogens with two attached hydrogens (primary N) is 1. The smallest absolute Gasteiger partial charge is 0.238 e. The second kappa shape index (κ2) is 3.48. The summed E-state index contributed by atoms with van der Waals surface area (Å²) >= 11 is 0. The Kier molecular flexibility index (Phi) is 2.29. The molecule has 0 atom stereocenters. The van der Waals surface area contributed by atoms with Gasteiger partial charge >= 0.3 is 0 Å². The Labute approximate surface area is 87.0 Å². The minimum atomic E-state index is -3.65. The highest BCUT2D eigenvalue weighted by Gasteiger charge is 2.08. The molecule has 15 heavy (non-hydrogen) atoms. The summed E-state index contributed by atoms with van der Waals surface area (Å²) in [6.45, 7) is 0. The number of sulfonamides is 1.